The van der Waals surface area contributed by atoms with E-state index in [9.17, 15) is 19.0 Å². The van der Waals surface area contributed by atoms with Crippen LogP contribution in [0, 0.1) is 6.92 Å². The van der Waals surface area contributed by atoms with E-state index in [-0.39, 0.29) is 32.6 Å². The largest absolute Gasteiger partial charge is 0.472 e. The minimum absolute atomic E-state index is 0.0518. The zero-order valence-corrected chi connectivity index (χ0v) is 18.4. The lowest BCUT2D eigenvalue weighted by Gasteiger charge is -2.19. The predicted molar refractivity (Wildman–Crippen MR) is 109 cm³/mol. The van der Waals surface area contributed by atoms with Crippen LogP contribution < -0.4 is 5.73 Å². The van der Waals surface area contributed by atoms with Gasteiger partial charge < -0.3 is 27.0 Å². The van der Waals surface area contributed by atoms with Gasteiger partial charge in [-0.1, -0.05) is 39.0 Å². The zero-order chi connectivity index (χ0) is 22.0. The van der Waals surface area contributed by atoms with E-state index in [0.717, 1.165) is 44.9 Å². The molecule has 0 fully saturated rings. The third kappa shape index (κ3) is 17.6. The molecule has 0 bridgehead atoms. The third-order valence-electron chi connectivity index (χ3n) is 3.86. The van der Waals surface area contributed by atoms with Gasteiger partial charge in [0.1, 0.15) is 6.61 Å². The maximum Gasteiger partial charge on any atom is 0.472 e. The van der Waals surface area contributed by atoms with Crippen LogP contribution in [0.5, 0.6) is 0 Å². The Bertz CT molecular complexity index is 489. The van der Waals surface area contributed by atoms with Crippen LogP contribution in [0.2, 0.25) is 0 Å². The summed E-state index contributed by atoms with van der Waals surface area (Å²) in [6, 6.07) is 0. The van der Waals surface area contributed by atoms with Gasteiger partial charge in [-0.25, -0.2) is 4.57 Å². The van der Waals surface area contributed by atoms with Crippen LogP contribution in [-0.2, 0) is 32.7 Å². The van der Waals surface area contributed by atoms with E-state index in [1.165, 1.54) is 0 Å². The average Bonchev–Trinajstić information content (AvgIpc) is 2.68. The maximum atomic E-state index is 11.9. The van der Waals surface area contributed by atoms with Crippen molar-refractivity contribution in [1.29, 1.82) is 0 Å². The highest BCUT2D eigenvalue weighted by molar-refractivity contribution is 7.47. The number of hydrogen-bond donors (Lipinski definition) is 2. The molecule has 0 aromatic carbocycles. The number of phosphoric ester groups is 1. The average molecular weight is 438 g/mol. The number of hydrogen-bond acceptors (Lipinski definition) is 8. The van der Waals surface area contributed by atoms with Gasteiger partial charge in [-0.3, -0.25) is 18.6 Å². The van der Waals surface area contributed by atoms with E-state index in [2.05, 4.69) is 11.4 Å². The summed E-state index contributed by atoms with van der Waals surface area (Å²) in [7, 11) is -4.32. The molecular formula is C19H37NO8P-. The molecule has 0 rings (SSSR count). The summed E-state index contributed by atoms with van der Waals surface area (Å²) in [4.78, 5) is 33.1. The highest BCUT2D eigenvalue weighted by Gasteiger charge is 2.25. The summed E-state index contributed by atoms with van der Waals surface area (Å²) in [6.45, 7) is 4.82. The molecule has 0 saturated carbocycles. The van der Waals surface area contributed by atoms with E-state index >= 15 is 0 Å². The van der Waals surface area contributed by atoms with Gasteiger partial charge in [0.25, 0.3) is 0 Å². The van der Waals surface area contributed by atoms with Crippen molar-refractivity contribution in [3.05, 3.63) is 6.92 Å². The molecule has 0 saturated heterocycles. The monoisotopic (exact) mass is 438 g/mol. The van der Waals surface area contributed by atoms with Crippen molar-refractivity contribution in [2.24, 2.45) is 5.73 Å². The molecule has 0 amide bonds. The number of ether oxygens (including phenoxy) is 2. The second kappa shape index (κ2) is 17.8. The van der Waals surface area contributed by atoms with E-state index in [1.54, 1.807) is 0 Å². The molecular weight excluding hydrogens is 401 g/mol. The van der Waals surface area contributed by atoms with E-state index in [0.29, 0.717) is 6.42 Å². The molecule has 0 heterocycles. The molecule has 1 unspecified atom stereocenters. The topological polar surface area (TPSA) is 134 Å². The number of phosphoric acid groups is 1. The molecule has 0 aliphatic heterocycles. The Kier molecular flexibility index (Phi) is 17.2. The Labute approximate surface area is 174 Å². The van der Waals surface area contributed by atoms with Crippen molar-refractivity contribution in [1.82, 2.24) is 0 Å². The zero-order valence-electron chi connectivity index (χ0n) is 17.5. The Balaban J connectivity index is 4.29. The SMILES string of the molecule is [CH2-]CCCCCCCCC(=O)OC[C@H](COP(=O)(O)OCCN)OC(=O)CCC. The minimum atomic E-state index is -4.32. The van der Waals surface area contributed by atoms with Crippen molar-refractivity contribution < 1.29 is 37.6 Å². The van der Waals surface area contributed by atoms with Crippen molar-refractivity contribution in [2.45, 2.75) is 77.2 Å². The third-order valence-corrected chi connectivity index (χ3v) is 4.84. The molecule has 0 radical (unpaired) electrons. The number of rotatable bonds is 19. The van der Waals surface area contributed by atoms with Gasteiger partial charge in [-0.15, -0.1) is 0 Å². The molecule has 0 aromatic heterocycles. The fraction of sp³-hybridized carbons (Fsp3) is 0.842. The molecule has 9 nitrogen and oxygen atoms in total. The fourth-order valence-electron chi connectivity index (χ4n) is 2.36. The Morgan fingerprint density at radius 3 is 2.28 bits per heavy atom. The van der Waals surface area contributed by atoms with Crippen LogP contribution in [0.4, 0.5) is 0 Å². The van der Waals surface area contributed by atoms with E-state index < -0.39 is 32.5 Å². The second-order valence-electron chi connectivity index (χ2n) is 6.66. The lowest BCUT2D eigenvalue weighted by Crippen LogP contribution is -2.29. The predicted octanol–water partition coefficient (Wildman–Crippen LogP) is 3.29. The minimum Gasteiger partial charge on any atom is -0.462 e. The summed E-state index contributed by atoms with van der Waals surface area (Å²) in [5.74, 6) is -0.916. The van der Waals surface area contributed by atoms with Crippen LogP contribution in [0.3, 0.4) is 0 Å². The second-order valence-corrected chi connectivity index (χ2v) is 8.11. The summed E-state index contributed by atoms with van der Waals surface area (Å²) in [5, 5.41) is 0. The molecule has 0 aromatic rings. The number of nitrogens with two attached hydrogens (primary N) is 1. The summed E-state index contributed by atoms with van der Waals surface area (Å²) >= 11 is 0. The van der Waals surface area contributed by atoms with E-state index in [4.69, 9.17) is 19.7 Å². The number of esters is 2. The Morgan fingerprint density at radius 1 is 1.00 bits per heavy atom. The lowest BCUT2D eigenvalue weighted by molar-refractivity contribution is -0.161. The normalized spacial score (nSPS) is 14.2. The van der Waals surface area contributed by atoms with Crippen LogP contribution >= 0.6 is 7.82 Å². The van der Waals surface area contributed by atoms with Gasteiger partial charge in [-0.2, -0.15) is 6.42 Å². The quantitative estimate of drug-likeness (QED) is 0.135. The smallest absolute Gasteiger partial charge is 0.462 e. The van der Waals surface area contributed by atoms with Crippen molar-refractivity contribution >= 4 is 19.8 Å². The molecule has 29 heavy (non-hydrogen) atoms. The van der Waals surface area contributed by atoms with Gasteiger partial charge in [0.05, 0.1) is 13.2 Å². The standard InChI is InChI=1S/C19H37NO8P/c1-3-5-6-7-8-9-10-12-18(21)25-15-17(28-19(22)11-4-2)16-27-29(23,24)26-14-13-20/h17H,1,3-16,20H2,2H3,(H,23,24)/q-1/t17-/m1/s1. The highest BCUT2D eigenvalue weighted by Crippen LogP contribution is 2.43. The van der Waals surface area contributed by atoms with Crippen LogP contribution in [-0.4, -0.2) is 49.3 Å². The first-order valence-electron chi connectivity index (χ1n) is 10.3. The van der Waals surface area contributed by atoms with Crippen molar-refractivity contribution in [3.63, 3.8) is 0 Å². The first kappa shape index (κ1) is 28.0. The molecule has 0 aliphatic rings. The summed E-state index contributed by atoms with van der Waals surface area (Å²) in [6.07, 6.45) is 7.12. The Hall–Kier alpha value is -0.990. The van der Waals surface area contributed by atoms with Gasteiger partial charge in [0, 0.05) is 19.4 Å². The Morgan fingerprint density at radius 2 is 1.66 bits per heavy atom. The van der Waals surface area contributed by atoms with Gasteiger partial charge in [-0.05, 0) is 12.8 Å². The lowest BCUT2D eigenvalue weighted by atomic mass is 10.1. The van der Waals surface area contributed by atoms with Gasteiger partial charge in [0.2, 0.25) is 0 Å². The number of carbonyl (C=O) groups is 2. The van der Waals surface area contributed by atoms with Gasteiger partial charge >= 0.3 is 19.8 Å². The molecule has 172 valence electrons. The maximum absolute atomic E-state index is 11.9. The first-order valence-corrected chi connectivity index (χ1v) is 11.8. The first-order chi connectivity index (χ1) is 13.8. The van der Waals surface area contributed by atoms with E-state index in [1.807, 2.05) is 6.92 Å². The van der Waals surface area contributed by atoms with Crippen LogP contribution in [0.25, 0.3) is 0 Å². The molecule has 0 spiro atoms. The van der Waals surface area contributed by atoms with Crippen molar-refractivity contribution in [3.8, 4) is 0 Å². The van der Waals surface area contributed by atoms with Gasteiger partial charge in [0.15, 0.2) is 6.10 Å². The number of unbranched alkanes of at least 4 members (excludes halogenated alkanes) is 6. The van der Waals surface area contributed by atoms with Crippen LogP contribution in [0.15, 0.2) is 0 Å². The highest BCUT2D eigenvalue weighted by atomic mass is 31.2. The number of carbonyl (C=O) groups excluding carboxylic acids is 2. The molecule has 3 N–H and O–H groups in total. The summed E-state index contributed by atoms with van der Waals surface area (Å²) < 4.78 is 31.4. The molecule has 2 atom stereocenters. The van der Waals surface area contributed by atoms with Crippen LogP contribution in [0.1, 0.15) is 71.1 Å². The molecule has 0 aliphatic carbocycles. The van der Waals surface area contributed by atoms with Crippen molar-refractivity contribution in [2.75, 3.05) is 26.4 Å². The molecule has 10 heteroatoms. The fourth-order valence-corrected chi connectivity index (χ4v) is 3.12. The summed E-state index contributed by atoms with van der Waals surface area (Å²) in [5.41, 5.74) is 5.21.